The molecule has 0 radical (unpaired) electrons. The highest BCUT2D eigenvalue weighted by Crippen LogP contribution is 2.38. The lowest BCUT2D eigenvalue weighted by atomic mass is 10.0. The lowest BCUT2D eigenvalue weighted by Crippen LogP contribution is -2.37. The van der Waals surface area contributed by atoms with Crippen LogP contribution in [-0.2, 0) is 32.7 Å². The SMILES string of the molecule is CCCCC/C=C\C=C/[C@@H](O)C/C=C\C/C=C/CCCC(=O)OC[C@H](COP(=O)([O-])OCC[N+](C)(C)C)OC(=O)CCCCCCCCCCCCCCCCCCC. The highest BCUT2D eigenvalue weighted by atomic mass is 31.2. The van der Waals surface area contributed by atoms with E-state index < -0.39 is 38.6 Å². The number of allylic oxidation sites excluding steroid dienone is 6. The van der Waals surface area contributed by atoms with Gasteiger partial charge in [-0.15, -0.1) is 0 Å². The first kappa shape index (κ1) is 56.9. The van der Waals surface area contributed by atoms with E-state index >= 15 is 0 Å². The van der Waals surface area contributed by atoms with Crippen LogP contribution in [-0.4, -0.2) is 81.2 Å². The van der Waals surface area contributed by atoms with E-state index in [2.05, 4.69) is 19.9 Å². The van der Waals surface area contributed by atoms with Crippen LogP contribution in [0.2, 0.25) is 0 Å². The zero-order chi connectivity index (χ0) is 43.7. The Kier molecular flexibility index (Phi) is 38.6. The molecule has 0 aliphatic heterocycles. The van der Waals surface area contributed by atoms with Gasteiger partial charge in [-0.3, -0.25) is 14.2 Å². The molecule has 0 spiro atoms. The van der Waals surface area contributed by atoms with E-state index in [9.17, 15) is 24.2 Å². The normalized spacial score (nSPS) is 14.5. The first-order valence-electron chi connectivity index (χ1n) is 23.5. The Morgan fingerprint density at radius 1 is 0.627 bits per heavy atom. The van der Waals surface area contributed by atoms with E-state index in [1.807, 2.05) is 57.6 Å². The first-order chi connectivity index (χ1) is 28.4. The van der Waals surface area contributed by atoms with Crippen molar-refractivity contribution < 1.29 is 47.2 Å². The Labute approximate surface area is 361 Å². The molecule has 0 aliphatic carbocycles. The number of phosphoric ester groups is 1. The van der Waals surface area contributed by atoms with Gasteiger partial charge in [0.2, 0.25) is 0 Å². The molecular formula is C48H88NO9P. The number of nitrogens with zero attached hydrogens (tertiary/aromatic N) is 1. The van der Waals surface area contributed by atoms with Crippen molar-refractivity contribution in [1.82, 2.24) is 0 Å². The number of hydrogen-bond acceptors (Lipinski definition) is 9. The molecule has 0 fully saturated rings. The largest absolute Gasteiger partial charge is 0.756 e. The van der Waals surface area contributed by atoms with Gasteiger partial charge in [-0.05, 0) is 44.9 Å². The zero-order valence-corrected chi connectivity index (χ0v) is 39.2. The van der Waals surface area contributed by atoms with Crippen molar-refractivity contribution >= 4 is 19.8 Å². The second kappa shape index (κ2) is 40.0. The number of ether oxygens (including phenoxy) is 2. The van der Waals surface area contributed by atoms with Crippen LogP contribution in [0.15, 0.2) is 48.6 Å². The smallest absolute Gasteiger partial charge is 0.306 e. The van der Waals surface area contributed by atoms with Gasteiger partial charge in [-0.2, -0.15) is 0 Å². The van der Waals surface area contributed by atoms with Crippen LogP contribution < -0.4 is 4.89 Å². The molecule has 59 heavy (non-hydrogen) atoms. The summed E-state index contributed by atoms with van der Waals surface area (Å²) in [5, 5.41) is 10.1. The van der Waals surface area contributed by atoms with Crippen LogP contribution in [0.25, 0.3) is 0 Å². The molecule has 1 unspecified atom stereocenters. The van der Waals surface area contributed by atoms with Crippen molar-refractivity contribution in [2.45, 2.75) is 199 Å². The van der Waals surface area contributed by atoms with E-state index in [-0.39, 0.29) is 26.1 Å². The van der Waals surface area contributed by atoms with Crippen molar-refractivity contribution in [2.24, 2.45) is 0 Å². The minimum absolute atomic E-state index is 0.0498. The van der Waals surface area contributed by atoms with E-state index in [0.717, 1.165) is 32.1 Å². The number of carbonyl (C=O) groups is 2. The van der Waals surface area contributed by atoms with E-state index in [4.69, 9.17) is 18.5 Å². The standard InChI is InChI=1S/C48H88NO9P/c1-6-8-10-12-14-15-16-17-18-19-20-21-22-23-27-32-36-40-48(52)58-46(44-57-59(53,54)56-42-41-49(3,4)5)43-55-47(51)39-35-31-28-24-26-30-34-38-45(50)37-33-29-25-13-11-9-7-2/h24-25,28-30,33-34,37,45-46,50H,6-23,26-27,31-32,35-36,38-44H2,1-5H3/b28-24+,29-25-,34-30-,37-33-/t45-,46-/m1/s1. The molecule has 3 atom stereocenters. The fourth-order valence-corrected chi connectivity index (χ4v) is 6.93. The molecule has 0 rings (SSSR count). The van der Waals surface area contributed by atoms with Crippen molar-refractivity contribution in [2.75, 3.05) is 47.5 Å². The molecule has 1 N–H and O–H groups in total. The number of hydrogen-bond donors (Lipinski definition) is 1. The quantitative estimate of drug-likeness (QED) is 0.0159. The van der Waals surface area contributed by atoms with Gasteiger partial charge in [0.15, 0.2) is 6.10 Å². The second-order valence-corrected chi connectivity index (χ2v) is 18.4. The maximum absolute atomic E-state index is 12.7. The number of rotatable bonds is 42. The van der Waals surface area contributed by atoms with Gasteiger partial charge in [0, 0.05) is 12.8 Å². The maximum Gasteiger partial charge on any atom is 0.306 e. The van der Waals surface area contributed by atoms with Crippen LogP contribution in [0.1, 0.15) is 187 Å². The molecular weight excluding hydrogens is 765 g/mol. The van der Waals surface area contributed by atoms with E-state index in [0.29, 0.717) is 36.7 Å². The third-order valence-corrected chi connectivity index (χ3v) is 10.9. The molecule has 11 heteroatoms. The number of phosphoric acid groups is 1. The summed E-state index contributed by atoms with van der Waals surface area (Å²) in [6.07, 6.45) is 43.1. The first-order valence-corrected chi connectivity index (χ1v) is 24.9. The molecule has 0 heterocycles. The Morgan fingerprint density at radius 2 is 1.15 bits per heavy atom. The van der Waals surface area contributed by atoms with Crippen molar-refractivity contribution in [1.29, 1.82) is 0 Å². The monoisotopic (exact) mass is 854 g/mol. The molecule has 0 saturated heterocycles. The van der Waals surface area contributed by atoms with Gasteiger partial charge in [-0.1, -0.05) is 178 Å². The van der Waals surface area contributed by atoms with Gasteiger partial charge in [-0.25, -0.2) is 0 Å². The minimum atomic E-state index is -4.65. The molecule has 0 aromatic heterocycles. The molecule has 0 bridgehead atoms. The van der Waals surface area contributed by atoms with Crippen molar-refractivity contribution in [3.8, 4) is 0 Å². The second-order valence-electron chi connectivity index (χ2n) is 17.0. The zero-order valence-electron chi connectivity index (χ0n) is 38.3. The van der Waals surface area contributed by atoms with Crippen LogP contribution in [0.5, 0.6) is 0 Å². The van der Waals surface area contributed by atoms with Crippen molar-refractivity contribution in [3.05, 3.63) is 48.6 Å². The molecule has 0 amide bonds. The maximum atomic E-state index is 12.7. The highest BCUT2D eigenvalue weighted by Gasteiger charge is 2.21. The summed E-state index contributed by atoms with van der Waals surface area (Å²) in [6, 6.07) is 0. The summed E-state index contributed by atoms with van der Waals surface area (Å²) < 4.78 is 33.8. The summed E-state index contributed by atoms with van der Waals surface area (Å²) in [4.78, 5) is 37.6. The average molecular weight is 854 g/mol. The number of esters is 2. The topological polar surface area (TPSA) is 131 Å². The predicted octanol–water partition coefficient (Wildman–Crippen LogP) is 11.8. The Morgan fingerprint density at radius 3 is 1.75 bits per heavy atom. The summed E-state index contributed by atoms with van der Waals surface area (Å²) in [5.41, 5.74) is 0. The van der Waals surface area contributed by atoms with E-state index in [1.54, 1.807) is 6.08 Å². The van der Waals surface area contributed by atoms with Gasteiger partial charge in [0.1, 0.15) is 19.8 Å². The number of aliphatic hydroxyl groups excluding tert-OH is 1. The third kappa shape index (κ3) is 43.8. The number of aliphatic hydroxyl groups is 1. The Bertz CT molecular complexity index is 1160. The fourth-order valence-electron chi connectivity index (χ4n) is 6.20. The summed E-state index contributed by atoms with van der Waals surface area (Å²) >= 11 is 0. The molecule has 0 aliphatic rings. The van der Waals surface area contributed by atoms with Crippen LogP contribution in [0.3, 0.4) is 0 Å². The fraction of sp³-hybridized carbons (Fsp3) is 0.792. The van der Waals surface area contributed by atoms with Crippen molar-refractivity contribution in [3.63, 3.8) is 0 Å². The average Bonchev–Trinajstić information content (AvgIpc) is 3.18. The lowest BCUT2D eigenvalue weighted by molar-refractivity contribution is -0.870. The van der Waals surface area contributed by atoms with Crippen LogP contribution in [0.4, 0.5) is 0 Å². The number of carbonyl (C=O) groups excluding carboxylic acids is 2. The highest BCUT2D eigenvalue weighted by molar-refractivity contribution is 7.45. The summed E-state index contributed by atoms with van der Waals surface area (Å²) in [6.45, 7) is 4.05. The lowest BCUT2D eigenvalue weighted by Gasteiger charge is -2.28. The van der Waals surface area contributed by atoms with Gasteiger partial charge >= 0.3 is 11.9 Å². The van der Waals surface area contributed by atoms with Crippen LogP contribution in [0, 0.1) is 0 Å². The number of unbranched alkanes of at least 4 members (excludes halogenated alkanes) is 20. The molecule has 344 valence electrons. The molecule has 0 aromatic rings. The predicted molar refractivity (Wildman–Crippen MR) is 242 cm³/mol. The van der Waals surface area contributed by atoms with Gasteiger partial charge in [0.25, 0.3) is 7.82 Å². The van der Waals surface area contributed by atoms with Gasteiger partial charge < -0.3 is 33.0 Å². The van der Waals surface area contributed by atoms with Crippen LogP contribution >= 0.6 is 7.82 Å². The third-order valence-electron chi connectivity index (χ3n) is 9.93. The summed E-state index contributed by atoms with van der Waals surface area (Å²) in [7, 11) is 1.10. The molecule has 10 nitrogen and oxygen atoms in total. The van der Waals surface area contributed by atoms with Gasteiger partial charge in [0.05, 0.1) is 33.9 Å². The Balaban J connectivity index is 4.45. The Hall–Kier alpha value is -2.07. The molecule has 0 saturated carbocycles. The number of quaternary nitrogens is 1. The minimum Gasteiger partial charge on any atom is -0.756 e. The van der Waals surface area contributed by atoms with E-state index in [1.165, 1.54) is 103 Å². The number of likely N-dealkylation sites (N-methyl/N-ethyl adjacent to an activating group) is 1. The molecule has 0 aromatic carbocycles. The summed E-state index contributed by atoms with van der Waals surface area (Å²) in [5.74, 6) is -0.937.